The standard InChI is InChI=1S/C24H25N3O/c1-17-26-23-11-10-22(15-24(23)27-17)20-8-6-19(7-9-20)21-5-3-4-18(14-21)16-25-12-13-28-2/h3-11,14-15,25H,12-13,16H2,1-2H3,(H,26,27). The largest absolute Gasteiger partial charge is 0.383 e. The summed E-state index contributed by atoms with van der Waals surface area (Å²) in [5.74, 6) is 0.944. The topological polar surface area (TPSA) is 49.9 Å². The van der Waals surface area contributed by atoms with E-state index in [-0.39, 0.29) is 0 Å². The summed E-state index contributed by atoms with van der Waals surface area (Å²) in [5.41, 5.74) is 8.21. The SMILES string of the molecule is COCCNCc1cccc(-c2ccc(-c3ccc4nc(C)[nH]c4c3)cc2)c1. The molecule has 1 heterocycles. The molecule has 0 bridgehead atoms. The summed E-state index contributed by atoms with van der Waals surface area (Å²) in [6, 6.07) is 23.8. The molecule has 0 radical (unpaired) electrons. The molecule has 0 unspecified atom stereocenters. The van der Waals surface area contributed by atoms with Crippen LogP contribution < -0.4 is 5.32 Å². The fourth-order valence-electron chi connectivity index (χ4n) is 3.44. The van der Waals surface area contributed by atoms with Gasteiger partial charge >= 0.3 is 0 Å². The Morgan fingerprint density at radius 1 is 0.893 bits per heavy atom. The number of hydrogen-bond acceptors (Lipinski definition) is 3. The summed E-state index contributed by atoms with van der Waals surface area (Å²) >= 11 is 0. The first kappa shape index (κ1) is 18.4. The number of aromatic amines is 1. The molecule has 0 amide bonds. The molecular formula is C24H25N3O. The molecule has 4 aromatic rings. The predicted octanol–water partition coefficient (Wildman–Crippen LogP) is 4.94. The molecule has 4 heteroatoms. The molecule has 0 atom stereocenters. The van der Waals surface area contributed by atoms with Gasteiger partial charge < -0.3 is 15.0 Å². The Balaban J connectivity index is 1.52. The van der Waals surface area contributed by atoms with E-state index in [0.29, 0.717) is 0 Å². The van der Waals surface area contributed by atoms with E-state index in [1.165, 1.54) is 27.8 Å². The van der Waals surface area contributed by atoms with Crippen molar-refractivity contribution in [2.75, 3.05) is 20.3 Å². The van der Waals surface area contributed by atoms with Gasteiger partial charge in [0.25, 0.3) is 0 Å². The normalized spacial score (nSPS) is 11.2. The Hall–Kier alpha value is -2.95. The van der Waals surface area contributed by atoms with Crippen molar-refractivity contribution < 1.29 is 4.74 Å². The zero-order valence-electron chi connectivity index (χ0n) is 16.3. The number of nitrogens with one attached hydrogen (secondary N) is 2. The van der Waals surface area contributed by atoms with Crippen LogP contribution in [0.3, 0.4) is 0 Å². The molecule has 28 heavy (non-hydrogen) atoms. The lowest BCUT2D eigenvalue weighted by atomic mass is 9.99. The number of aryl methyl sites for hydroxylation is 1. The van der Waals surface area contributed by atoms with Gasteiger partial charge in [-0.3, -0.25) is 0 Å². The van der Waals surface area contributed by atoms with Gasteiger partial charge in [-0.1, -0.05) is 48.5 Å². The Kier molecular flexibility index (Phi) is 5.51. The van der Waals surface area contributed by atoms with Crippen LogP contribution >= 0.6 is 0 Å². The number of nitrogens with zero attached hydrogens (tertiary/aromatic N) is 1. The zero-order chi connectivity index (χ0) is 19.3. The van der Waals surface area contributed by atoms with Crippen molar-refractivity contribution >= 4 is 11.0 Å². The fourth-order valence-corrected chi connectivity index (χ4v) is 3.44. The third kappa shape index (κ3) is 4.14. The summed E-state index contributed by atoms with van der Waals surface area (Å²) in [6.07, 6.45) is 0. The van der Waals surface area contributed by atoms with E-state index >= 15 is 0 Å². The maximum absolute atomic E-state index is 5.08. The Bertz CT molecular complexity index is 1070. The van der Waals surface area contributed by atoms with Crippen LogP contribution in [0.25, 0.3) is 33.3 Å². The number of imidazole rings is 1. The molecule has 0 spiro atoms. The highest BCUT2D eigenvalue weighted by atomic mass is 16.5. The van der Waals surface area contributed by atoms with Gasteiger partial charge in [0.15, 0.2) is 0 Å². The monoisotopic (exact) mass is 371 g/mol. The number of benzene rings is 3. The minimum absolute atomic E-state index is 0.727. The van der Waals surface area contributed by atoms with Crippen molar-refractivity contribution in [2.24, 2.45) is 0 Å². The second kappa shape index (κ2) is 8.38. The summed E-state index contributed by atoms with van der Waals surface area (Å²) in [7, 11) is 1.72. The van der Waals surface area contributed by atoms with Crippen LogP contribution in [-0.4, -0.2) is 30.2 Å². The summed E-state index contributed by atoms with van der Waals surface area (Å²) in [5, 5.41) is 3.40. The molecule has 0 saturated heterocycles. The van der Waals surface area contributed by atoms with E-state index in [9.17, 15) is 0 Å². The molecule has 1 aromatic heterocycles. The van der Waals surface area contributed by atoms with Gasteiger partial charge in [-0.25, -0.2) is 4.98 Å². The number of rotatable bonds is 7. The van der Waals surface area contributed by atoms with Gasteiger partial charge in [-0.05, 0) is 52.9 Å². The van der Waals surface area contributed by atoms with Crippen LogP contribution in [0.1, 0.15) is 11.4 Å². The Labute approximate surface area is 165 Å². The van der Waals surface area contributed by atoms with Crippen LogP contribution in [0.15, 0.2) is 66.7 Å². The third-order valence-corrected chi connectivity index (χ3v) is 4.89. The molecule has 3 aromatic carbocycles. The third-order valence-electron chi connectivity index (χ3n) is 4.89. The first-order valence-electron chi connectivity index (χ1n) is 9.59. The predicted molar refractivity (Wildman–Crippen MR) is 115 cm³/mol. The van der Waals surface area contributed by atoms with Crippen molar-refractivity contribution in [2.45, 2.75) is 13.5 Å². The minimum Gasteiger partial charge on any atom is -0.383 e. The molecule has 4 nitrogen and oxygen atoms in total. The van der Waals surface area contributed by atoms with E-state index in [1.807, 2.05) is 6.92 Å². The number of methoxy groups -OCH3 is 1. The van der Waals surface area contributed by atoms with Crippen molar-refractivity contribution in [1.29, 1.82) is 0 Å². The van der Waals surface area contributed by atoms with Crippen LogP contribution in [0.2, 0.25) is 0 Å². The van der Waals surface area contributed by atoms with Crippen molar-refractivity contribution in [3.8, 4) is 22.3 Å². The quantitative estimate of drug-likeness (QED) is 0.452. The van der Waals surface area contributed by atoms with Gasteiger partial charge in [-0.2, -0.15) is 0 Å². The molecule has 0 fully saturated rings. The molecule has 4 rings (SSSR count). The molecule has 0 saturated carbocycles. The van der Waals surface area contributed by atoms with Crippen molar-refractivity contribution in [3.63, 3.8) is 0 Å². The lowest BCUT2D eigenvalue weighted by molar-refractivity contribution is 0.199. The van der Waals surface area contributed by atoms with E-state index in [2.05, 4.69) is 82.0 Å². The lowest BCUT2D eigenvalue weighted by Crippen LogP contribution is -2.18. The molecule has 142 valence electrons. The lowest BCUT2D eigenvalue weighted by Gasteiger charge is -2.08. The number of aromatic nitrogens is 2. The molecular weight excluding hydrogens is 346 g/mol. The average molecular weight is 371 g/mol. The number of fused-ring (bicyclic) bond motifs is 1. The first-order valence-corrected chi connectivity index (χ1v) is 9.59. The van der Waals surface area contributed by atoms with Gasteiger partial charge in [0.2, 0.25) is 0 Å². The molecule has 0 aliphatic rings. The van der Waals surface area contributed by atoms with E-state index in [0.717, 1.165) is 36.6 Å². The van der Waals surface area contributed by atoms with Gasteiger partial charge in [-0.15, -0.1) is 0 Å². The first-order chi connectivity index (χ1) is 13.7. The second-order valence-electron chi connectivity index (χ2n) is 7.00. The second-order valence-corrected chi connectivity index (χ2v) is 7.00. The zero-order valence-corrected chi connectivity index (χ0v) is 16.3. The van der Waals surface area contributed by atoms with E-state index < -0.39 is 0 Å². The maximum Gasteiger partial charge on any atom is 0.104 e. The highest BCUT2D eigenvalue weighted by Gasteiger charge is 2.05. The van der Waals surface area contributed by atoms with Gasteiger partial charge in [0, 0.05) is 20.2 Å². The fraction of sp³-hybridized carbons (Fsp3) is 0.208. The van der Waals surface area contributed by atoms with E-state index in [1.54, 1.807) is 7.11 Å². The van der Waals surface area contributed by atoms with Gasteiger partial charge in [0.05, 0.1) is 17.6 Å². The van der Waals surface area contributed by atoms with Crippen LogP contribution in [0, 0.1) is 6.92 Å². The summed E-state index contributed by atoms with van der Waals surface area (Å²) in [6.45, 7) is 4.41. The van der Waals surface area contributed by atoms with Crippen LogP contribution in [0.5, 0.6) is 0 Å². The van der Waals surface area contributed by atoms with Gasteiger partial charge in [0.1, 0.15) is 5.82 Å². The van der Waals surface area contributed by atoms with Crippen molar-refractivity contribution in [3.05, 3.63) is 78.1 Å². The number of H-pyrrole nitrogens is 1. The van der Waals surface area contributed by atoms with E-state index in [4.69, 9.17) is 4.74 Å². The summed E-state index contributed by atoms with van der Waals surface area (Å²) in [4.78, 5) is 7.79. The Morgan fingerprint density at radius 2 is 1.61 bits per heavy atom. The average Bonchev–Trinajstić information content (AvgIpc) is 3.11. The molecule has 0 aliphatic carbocycles. The smallest absolute Gasteiger partial charge is 0.104 e. The highest BCUT2D eigenvalue weighted by Crippen LogP contribution is 2.27. The Morgan fingerprint density at radius 3 is 2.36 bits per heavy atom. The maximum atomic E-state index is 5.08. The number of ether oxygens (including phenoxy) is 1. The van der Waals surface area contributed by atoms with Crippen LogP contribution in [0.4, 0.5) is 0 Å². The van der Waals surface area contributed by atoms with Crippen molar-refractivity contribution in [1.82, 2.24) is 15.3 Å². The number of hydrogen-bond donors (Lipinski definition) is 2. The minimum atomic E-state index is 0.727. The summed E-state index contributed by atoms with van der Waals surface area (Å²) < 4.78 is 5.08. The molecule has 0 aliphatic heterocycles. The molecule has 2 N–H and O–H groups in total. The highest BCUT2D eigenvalue weighted by molar-refractivity contribution is 5.82. The van der Waals surface area contributed by atoms with Crippen LogP contribution in [-0.2, 0) is 11.3 Å².